The van der Waals surface area contributed by atoms with Gasteiger partial charge in [0.05, 0.1) is 5.69 Å². The number of hydrogen-bond donors (Lipinski definition) is 2. The van der Waals surface area contributed by atoms with Gasteiger partial charge in [0, 0.05) is 23.5 Å². The van der Waals surface area contributed by atoms with Crippen LogP contribution < -0.4 is 11.1 Å². The summed E-state index contributed by atoms with van der Waals surface area (Å²) in [5.74, 6) is 0.806. The van der Waals surface area contributed by atoms with Crippen LogP contribution >= 0.6 is 11.8 Å². The van der Waals surface area contributed by atoms with E-state index in [1.165, 1.54) is 11.8 Å². The number of amides is 1. The van der Waals surface area contributed by atoms with Gasteiger partial charge in [-0.1, -0.05) is 11.8 Å². The molecule has 0 bridgehead atoms. The summed E-state index contributed by atoms with van der Waals surface area (Å²) in [6, 6.07) is 5.45. The number of nitrogen functional groups attached to an aromatic ring is 1. The summed E-state index contributed by atoms with van der Waals surface area (Å²) in [5, 5.41) is 3.55. The van der Waals surface area contributed by atoms with Crippen LogP contribution in [-0.2, 0) is 4.79 Å². The van der Waals surface area contributed by atoms with Crippen molar-refractivity contribution in [3.63, 3.8) is 0 Å². The molecule has 21 heavy (non-hydrogen) atoms. The number of nitrogens with two attached hydrogens (primary N) is 1. The molecule has 1 aromatic carbocycles. The number of hydrogen-bond acceptors (Lipinski definition) is 5. The molecule has 0 fully saturated rings. The molecule has 2 aromatic rings. The topological polar surface area (TPSA) is 81.2 Å². The number of aryl methyl sites for hydroxylation is 2. The van der Waals surface area contributed by atoms with Crippen molar-refractivity contribution in [2.75, 3.05) is 16.8 Å². The molecule has 0 unspecified atom stereocenters. The number of oxazole rings is 1. The second kappa shape index (κ2) is 7.17. The lowest BCUT2D eigenvalue weighted by molar-refractivity contribution is -0.116. The summed E-state index contributed by atoms with van der Waals surface area (Å²) in [7, 11) is 0. The first-order valence-corrected chi connectivity index (χ1v) is 7.74. The molecular formula is C15H19N3O2S. The van der Waals surface area contributed by atoms with Gasteiger partial charge in [-0.2, -0.15) is 0 Å². The van der Waals surface area contributed by atoms with E-state index >= 15 is 0 Å². The van der Waals surface area contributed by atoms with Gasteiger partial charge >= 0.3 is 0 Å². The van der Waals surface area contributed by atoms with E-state index in [4.69, 9.17) is 10.2 Å². The molecule has 0 saturated carbocycles. The van der Waals surface area contributed by atoms with E-state index in [2.05, 4.69) is 10.3 Å². The Hall–Kier alpha value is -1.95. The highest BCUT2D eigenvalue weighted by molar-refractivity contribution is 7.99. The fraction of sp³-hybridized carbons (Fsp3) is 0.333. The molecule has 0 spiro atoms. The van der Waals surface area contributed by atoms with Crippen LogP contribution in [0.15, 0.2) is 34.1 Å². The standard InChI is InChI=1S/C15H19N3O2S/c1-10-8-12(16)5-6-13(10)18-14(19)4-3-7-21-15-17-11(2)9-20-15/h5-6,8-9H,3-4,7,16H2,1-2H3,(H,18,19). The van der Waals surface area contributed by atoms with E-state index in [0.29, 0.717) is 17.3 Å². The van der Waals surface area contributed by atoms with Gasteiger partial charge in [-0.05, 0) is 44.0 Å². The molecule has 0 saturated heterocycles. The molecular weight excluding hydrogens is 286 g/mol. The molecule has 1 aromatic heterocycles. The fourth-order valence-electron chi connectivity index (χ4n) is 1.83. The predicted molar refractivity (Wildman–Crippen MR) is 85.4 cm³/mol. The zero-order valence-corrected chi connectivity index (χ0v) is 13.0. The van der Waals surface area contributed by atoms with Gasteiger partial charge in [-0.3, -0.25) is 4.79 Å². The van der Waals surface area contributed by atoms with E-state index in [1.54, 1.807) is 12.3 Å². The third-order valence-electron chi connectivity index (χ3n) is 2.90. The number of carbonyl (C=O) groups is 1. The Labute approximate surface area is 128 Å². The summed E-state index contributed by atoms with van der Waals surface area (Å²) < 4.78 is 5.23. The molecule has 6 heteroatoms. The average molecular weight is 305 g/mol. The highest BCUT2D eigenvalue weighted by Gasteiger charge is 2.06. The quantitative estimate of drug-likeness (QED) is 0.486. The number of nitrogens with zero attached hydrogens (tertiary/aromatic N) is 1. The van der Waals surface area contributed by atoms with Crippen molar-refractivity contribution in [1.82, 2.24) is 4.98 Å². The molecule has 3 N–H and O–H groups in total. The molecule has 0 aliphatic rings. The van der Waals surface area contributed by atoms with E-state index in [0.717, 1.165) is 29.1 Å². The van der Waals surface area contributed by atoms with E-state index in [9.17, 15) is 4.79 Å². The number of anilines is 2. The maximum absolute atomic E-state index is 11.9. The van der Waals surface area contributed by atoms with Gasteiger partial charge < -0.3 is 15.5 Å². The summed E-state index contributed by atoms with van der Waals surface area (Å²) in [5.41, 5.74) is 9.03. The summed E-state index contributed by atoms with van der Waals surface area (Å²) in [6.45, 7) is 3.81. The Kier molecular flexibility index (Phi) is 5.27. The van der Waals surface area contributed by atoms with Crippen LogP contribution in [-0.4, -0.2) is 16.6 Å². The Morgan fingerprint density at radius 2 is 2.24 bits per heavy atom. The monoisotopic (exact) mass is 305 g/mol. The van der Waals surface area contributed by atoms with Crippen molar-refractivity contribution in [3.05, 3.63) is 35.7 Å². The number of nitrogens with one attached hydrogen (secondary N) is 1. The molecule has 2 rings (SSSR count). The molecule has 112 valence electrons. The zero-order chi connectivity index (χ0) is 15.2. The van der Waals surface area contributed by atoms with Crippen molar-refractivity contribution < 1.29 is 9.21 Å². The first-order chi connectivity index (χ1) is 10.0. The first-order valence-electron chi connectivity index (χ1n) is 6.75. The minimum atomic E-state index is 0.00653. The number of thioether (sulfide) groups is 1. The Balaban J connectivity index is 1.72. The Bertz CT molecular complexity index is 625. The lowest BCUT2D eigenvalue weighted by atomic mass is 10.1. The number of aromatic nitrogens is 1. The number of carbonyl (C=O) groups excluding carboxylic acids is 1. The lowest BCUT2D eigenvalue weighted by Gasteiger charge is -2.08. The lowest BCUT2D eigenvalue weighted by Crippen LogP contribution is -2.12. The molecule has 0 atom stereocenters. The largest absolute Gasteiger partial charge is 0.440 e. The second-order valence-electron chi connectivity index (χ2n) is 4.83. The zero-order valence-electron chi connectivity index (χ0n) is 12.2. The maximum Gasteiger partial charge on any atom is 0.255 e. The minimum absolute atomic E-state index is 0.00653. The predicted octanol–water partition coefficient (Wildman–Crippen LogP) is 3.38. The first kappa shape index (κ1) is 15.4. The van der Waals surface area contributed by atoms with Gasteiger partial charge in [0.15, 0.2) is 0 Å². The van der Waals surface area contributed by atoms with E-state index < -0.39 is 0 Å². The SMILES string of the molecule is Cc1coc(SCCCC(=O)Nc2ccc(N)cc2C)n1. The third-order valence-corrected chi connectivity index (χ3v) is 3.82. The van der Waals surface area contributed by atoms with Crippen molar-refractivity contribution >= 4 is 29.0 Å². The Morgan fingerprint density at radius 1 is 1.43 bits per heavy atom. The summed E-state index contributed by atoms with van der Waals surface area (Å²) in [4.78, 5) is 16.1. The number of benzene rings is 1. The highest BCUT2D eigenvalue weighted by Crippen LogP contribution is 2.20. The Morgan fingerprint density at radius 3 is 2.90 bits per heavy atom. The maximum atomic E-state index is 11.9. The van der Waals surface area contributed by atoms with Gasteiger partial charge in [0.25, 0.3) is 5.22 Å². The number of rotatable bonds is 6. The van der Waals surface area contributed by atoms with Crippen LogP contribution in [0.5, 0.6) is 0 Å². The summed E-state index contributed by atoms with van der Waals surface area (Å²) >= 11 is 1.52. The second-order valence-corrected chi connectivity index (χ2v) is 5.88. The molecule has 5 nitrogen and oxygen atoms in total. The van der Waals surface area contributed by atoms with Crippen LogP contribution in [0.4, 0.5) is 11.4 Å². The molecule has 0 radical (unpaired) electrons. The van der Waals surface area contributed by atoms with Gasteiger partial charge in [-0.25, -0.2) is 4.98 Å². The minimum Gasteiger partial charge on any atom is -0.440 e. The molecule has 1 amide bonds. The molecule has 1 heterocycles. The van der Waals surface area contributed by atoms with Crippen LogP contribution in [0.3, 0.4) is 0 Å². The van der Waals surface area contributed by atoms with Crippen molar-refractivity contribution in [3.8, 4) is 0 Å². The molecule has 0 aliphatic heterocycles. The van der Waals surface area contributed by atoms with Crippen LogP contribution in [0, 0.1) is 13.8 Å². The van der Waals surface area contributed by atoms with Crippen LogP contribution in [0.1, 0.15) is 24.1 Å². The van der Waals surface area contributed by atoms with Crippen LogP contribution in [0.2, 0.25) is 0 Å². The average Bonchev–Trinajstić information content (AvgIpc) is 2.84. The summed E-state index contributed by atoms with van der Waals surface area (Å²) in [6.07, 6.45) is 2.86. The highest BCUT2D eigenvalue weighted by atomic mass is 32.2. The molecule has 0 aliphatic carbocycles. The van der Waals surface area contributed by atoms with Crippen molar-refractivity contribution in [1.29, 1.82) is 0 Å². The van der Waals surface area contributed by atoms with E-state index in [-0.39, 0.29) is 5.91 Å². The van der Waals surface area contributed by atoms with Gasteiger partial charge in [-0.15, -0.1) is 0 Å². The third kappa shape index (κ3) is 4.82. The fourth-order valence-corrected chi connectivity index (χ4v) is 2.62. The van der Waals surface area contributed by atoms with Crippen molar-refractivity contribution in [2.45, 2.75) is 31.9 Å². The van der Waals surface area contributed by atoms with Gasteiger partial charge in [0.1, 0.15) is 6.26 Å². The van der Waals surface area contributed by atoms with Gasteiger partial charge in [0.2, 0.25) is 5.91 Å². The normalized spacial score (nSPS) is 10.6. The van der Waals surface area contributed by atoms with Crippen molar-refractivity contribution in [2.24, 2.45) is 0 Å². The smallest absolute Gasteiger partial charge is 0.255 e. The van der Waals surface area contributed by atoms with Crippen LogP contribution in [0.25, 0.3) is 0 Å². The van der Waals surface area contributed by atoms with E-state index in [1.807, 2.05) is 26.0 Å².